The lowest BCUT2D eigenvalue weighted by Crippen LogP contribution is -2.44. The zero-order valence-electron chi connectivity index (χ0n) is 14.7. The van der Waals surface area contributed by atoms with Crippen LogP contribution in [0.25, 0.3) is 0 Å². The van der Waals surface area contributed by atoms with E-state index >= 15 is 0 Å². The van der Waals surface area contributed by atoms with Gasteiger partial charge in [-0.15, -0.1) is 0 Å². The predicted molar refractivity (Wildman–Crippen MR) is 98.0 cm³/mol. The van der Waals surface area contributed by atoms with Crippen molar-refractivity contribution >= 4 is 33.8 Å². The van der Waals surface area contributed by atoms with Crippen molar-refractivity contribution in [2.45, 2.75) is 26.8 Å². The Morgan fingerprint density at radius 1 is 1.16 bits per heavy atom. The fraction of sp³-hybridized carbons (Fsp3) is 0.471. The van der Waals surface area contributed by atoms with Crippen LogP contribution in [-0.4, -0.2) is 49.0 Å². The van der Waals surface area contributed by atoms with Gasteiger partial charge in [-0.25, -0.2) is 4.79 Å². The van der Waals surface area contributed by atoms with Gasteiger partial charge in [0, 0.05) is 4.47 Å². The molecule has 0 aliphatic heterocycles. The quantitative estimate of drug-likeness (QED) is 0.681. The summed E-state index contributed by atoms with van der Waals surface area (Å²) >= 11 is 3.46. The minimum Gasteiger partial charge on any atom is -0.450 e. The summed E-state index contributed by atoms with van der Waals surface area (Å²) < 4.78 is 5.57. The van der Waals surface area contributed by atoms with Crippen molar-refractivity contribution in [1.29, 1.82) is 0 Å². The molecule has 0 fully saturated rings. The number of halogens is 1. The summed E-state index contributed by atoms with van der Waals surface area (Å²) in [4.78, 5) is 36.9. The molecule has 0 aromatic heterocycles. The van der Waals surface area contributed by atoms with Crippen molar-refractivity contribution in [2.24, 2.45) is 0 Å². The Hall–Kier alpha value is -1.93. The number of alkyl carbamates (subject to hydrolysis) is 1. The van der Waals surface area contributed by atoms with Gasteiger partial charge in [-0.2, -0.15) is 0 Å². The molecule has 25 heavy (non-hydrogen) atoms. The average molecular weight is 414 g/mol. The Kier molecular flexibility index (Phi) is 9.15. The molecule has 0 heterocycles. The third kappa shape index (κ3) is 7.66. The number of amides is 3. The van der Waals surface area contributed by atoms with Gasteiger partial charge in [0.15, 0.2) is 0 Å². The van der Waals surface area contributed by atoms with E-state index in [9.17, 15) is 14.4 Å². The smallest absolute Gasteiger partial charge is 0.413 e. The molecule has 8 heteroatoms. The van der Waals surface area contributed by atoms with Gasteiger partial charge in [0.1, 0.15) is 0 Å². The maximum Gasteiger partial charge on any atom is 0.413 e. The molecule has 0 unspecified atom stereocenters. The van der Waals surface area contributed by atoms with Crippen molar-refractivity contribution in [3.05, 3.63) is 34.3 Å². The highest BCUT2D eigenvalue weighted by Crippen LogP contribution is 2.22. The molecule has 7 nitrogen and oxygen atoms in total. The average Bonchev–Trinajstić information content (AvgIpc) is 2.54. The third-order valence-corrected chi connectivity index (χ3v) is 4.17. The third-order valence-electron chi connectivity index (χ3n) is 3.45. The second kappa shape index (κ2) is 10.8. The predicted octanol–water partition coefficient (Wildman–Crippen LogP) is 2.22. The van der Waals surface area contributed by atoms with E-state index in [0.717, 1.165) is 10.0 Å². The Morgan fingerprint density at radius 3 is 2.40 bits per heavy atom. The van der Waals surface area contributed by atoms with E-state index in [0.29, 0.717) is 6.54 Å². The first-order valence-corrected chi connectivity index (χ1v) is 8.89. The van der Waals surface area contributed by atoms with Crippen LogP contribution in [0.5, 0.6) is 0 Å². The number of hydrogen-bond acceptors (Lipinski definition) is 5. The van der Waals surface area contributed by atoms with Gasteiger partial charge in [0.2, 0.25) is 11.8 Å². The normalized spacial score (nSPS) is 11.7. The number of likely N-dealkylation sites (N-methyl/N-ethyl adjacent to an activating group) is 1. The number of nitrogens with one attached hydrogen (secondary N) is 2. The molecule has 138 valence electrons. The maximum atomic E-state index is 12.2. The maximum absolute atomic E-state index is 12.2. The summed E-state index contributed by atoms with van der Waals surface area (Å²) in [6.45, 7) is 6.05. The second-order valence-electron chi connectivity index (χ2n) is 5.38. The van der Waals surface area contributed by atoms with Crippen molar-refractivity contribution < 1.29 is 19.1 Å². The summed E-state index contributed by atoms with van der Waals surface area (Å²) in [7, 11) is 0. The Bertz CT molecular complexity index is 609. The van der Waals surface area contributed by atoms with Gasteiger partial charge >= 0.3 is 6.09 Å². The van der Waals surface area contributed by atoms with Gasteiger partial charge in [-0.1, -0.05) is 41.1 Å². The highest BCUT2D eigenvalue weighted by Gasteiger charge is 2.17. The largest absolute Gasteiger partial charge is 0.450 e. The van der Waals surface area contributed by atoms with E-state index in [-0.39, 0.29) is 31.6 Å². The van der Waals surface area contributed by atoms with Crippen molar-refractivity contribution in [2.75, 3.05) is 26.2 Å². The summed E-state index contributed by atoms with van der Waals surface area (Å²) in [6, 6.07) is 7.48. The fourth-order valence-corrected chi connectivity index (χ4v) is 2.83. The topological polar surface area (TPSA) is 87.7 Å². The minimum absolute atomic E-state index is 0.0571. The SMILES string of the molecule is CCOC(=O)NC(=O)CN(CC)CC(=O)N[C@@H](C)c1ccccc1Br. The molecule has 0 radical (unpaired) electrons. The molecule has 1 atom stereocenters. The lowest BCUT2D eigenvalue weighted by atomic mass is 10.1. The number of ether oxygens (including phenoxy) is 1. The molecule has 0 saturated carbocycles. The first-order chi connectivity index (χ1) is 11.9. The van der Waals surface area contributed by atoms with E-state index in [1.165, 1.54) is 0 Å². The van der Waals surface area contributed by atoms with E-state index in [1.807, 2.05) is 38.1 Å². The van der Waals surface area contributed by atoms with E-state index in [4.69, 9.17) is 0 Å². The molecular weight excluding hydrogens is 390 g/mol. The number of imide groups is 1. The standard InChI is InChI=1S/C17H24BrN3O4/c1-4-21(11-16(23)20-17(24)25-5-2)10-15(22)19-12(3)13-8-6-7-9-14(13)18/h6-9,12H,4-5,10-11H2,1-3H3,(H,19,22)(H,20,23,24)/t12-/m0/s1. The lowest BCUT2D eigenvalue weighted by Gasteiger charge is -2.21. The van der Waals surface area contributed by atoms with Gasteiger partial charge < -0.3 is 10.1 Å². The first-order valence-electron chi connectivity index (χ1n) is 8.10. The number of carbonyl (C=O) groups excluding carboxylic acids is 3. The van der Waals surface area contributed by atoms with Crippen molar-refractivity contribution in [3.63, 3.8) is 0 Å². The highest BCUT2D eigenvalue weighted by molar-refractivity contribution is 9.10. The first kappa shape index (κ1) is 21.1. The summed E-state index contributed by atoms with van der Waals surface area (Å²) in [6.07, 6.45) is -0.782. The van der Waals surface area contributed by atoms with Crippen LogP contribution in [0.4, 0.5) is 4.79 Å². The molecule has 0 aliphatic carbocycles. The molecule has 0 saturated heterocycles. The second-order valence-corrected chi connectivity index (χ2v) is 6.24. The number of rotatable bonds is 8. The van der Waals surface area contributed by atoms with E-state index in [2.05, 4.69) is 31.3 Å². The van der Waals surface area contributed by atoms with Crippen LogP contribution in [0, 0.1) is 0 Å². The van der Waals surface area contributed by atoms with Crippen LogP contribution >= 0.6 is 15.9 Å². The number of carbonyl (C=O) groups is 3. The Balaban J connectivity index is 2.51. The molecule has 0 bridgehead atoms. The molecule has 1 aromatic carbocycles. The van der Waals surface area contributed by atoms with Gasteiger partial charge in [0.25, 0.3) is 0 Å². The van der Waals surface area contributed by atoms with Crippen LogP contribution in [0.15, 0.2) is 28.7 Å². The van der Waals surface area contributed by atoms with Crippen LogP contribution in [0.1, 0.15) is 32.4 Å². The number of hydrogen-bond donors (Lipinski definition) is 2. The van der Waals surface area contributed by atoms with Crippen LogP contribution in [0.2, 0.25) is 0 Å². The van der Waals surface area contributed by atoms with E-state index in [1.54, 1.807) is 11.8 Å². The molecule has 3 amide bonds. The molecule has 1 aromatic rings. The molecule has 1 rings (SSSR count). The van der Waals surface area contributed by atoms with Crippen molar-refractivity contribution in [3.8, 4) is 0 Å². The Labute approximate surface area is 156 Å². The monoisotopic (exact) mass is 413 g/mol. The van der Waals surface area contributed by atoms with E-state index < -0.39 is 12.0 Å². The summed E-state index contributed by atoms with van der Waals surface area (Å²) in [5.41, 5.74) is 0.971. The van der Waals surface area contributed by atoms with Gasteiger partial charge in [-0.3, -0.25) is 19.8 Å². The zero-order valence-corrected chi connectivity index (χ0v) is 16.3. The fourth-order valence-electron chi connectivity index (χ4n) is 2.20. The summed E-state index contributed by atoms with van der Waals surface area (Å²) in [5.74, 6) is -0.707. The van der Waals surface area contributed by atoms with Crippen LogP contribution in [-0.2, 0) is 14.3 Å². The number of nitrogens with zero attached hydrogens (tertiary/aromatic N) is 1. The highest BCUT2D eigenvalue weighted by atomic mass is 79.9. The molecule has 0 aliphatic rings. The Morgan fingerprint density at radius 2 is 1.80 bits per heavy atom. The van der Waals surface area contributed by atoms with Gasteiger partial charge in [0.05, 0.1) is 25.7 Å². The molecule has 0 spiro atoms. The van der Waals surface area contributed by atoms with Crippen molar-refractivity contribution in [1.82, 2.24) is 15.5 Å². The van der Waals surface area contributed by atoms with Crippen LogP contribution in [0.3, 0.4) is 0 Å². The summed E-state index contributed by atoms with van der Waals surface area (Å²) in [5, 5.41) is 5.02. The molecular formula is C17H24BrN3O4. The lowest BCUT2D eigenvalue weighted by molar-refractivity contribution is -0.125. The minimum atomic E-state index is -0.782. The zero-order chi connectivity index (χ0) is 18.8. The number of benzene rings is 1. The van der Waals surface area contributed by atoms with Gasteiger partial charge in [-0.05, 0) is 32.0 Å². The molecule has 2 N–H and O–H groups in total. The van der Waals surface area contributed by atoms with Crippen LogP contribution < -0.4 is 10.6 Å².